The second-order valence-corrected chi connectivity index (χ2v) is 10.8. The standard InChI is InChI=1S/C31H40N3/c1-20(2)24-13-10-14-25(21(3)4)29(24)33-19-34(31-28(33)17-12-18-32(31)9)30-26(22(5)6)15-11-16-27(30)23(7)8/h10-18,20-23H,1-9H3/q+1. The van der Waals surface area contributed by atoms with E-state index in [4.69, 9.17) is 0 Å². The van der Waals surface area contributed by atoms with Crippen molar-refractivity contribution in [3.63, 3.8) is 0 Å². The Morgan fingerprint density at radius 3 is 1.41 bits per heavy atom. The first kappa shape index (κ1) is 24.3. The maximum Gasteiger partial charge on any atom is 0.333 e. The van der Waals surface area contributed by atoms with Crippen molar-refractivity contribution in [2.75, 3.05) is 9.80 Å². The largest absolute Gasteiger partial charge is 0.333 e. The van der Waals surface area contributed by atoms with E-state index in [2.05, 4.69) is 138 Å². The topological polar surface area (TPSA) is 10.4 Å². The number of hydrogen-bond donors (Lipinski definition) is 0. The summed E-state index contributed by atoms with van der Waals surface area (Å²) < 4.78 is 2.23. The van der Waals surface area contributed by atoms with E-state index >= 15 is 0 Å². The summed E-state index contributed by atoms with van der Waals surface area (Å²) in [5.41, 5.74) is 9.15. The number of benzene rings is 2. The summed E-state index contributed by atoms with van der Waals surface area (Å²) in [5, 5.41) is 0. The Hall–Kier alpha value is -2.81. The molecule has 3 nitrogen and oxygen atoms in total. The van der Waals surface area contributed by atoms with Gasteiger partial charge in [0.25, 0.3) is 0 Å². The molecule has 0 spiro atoms. The van der Waals surface area contributed by atoms with Crippen molar-refractivity contribution in [2.24, 2.45) is 7.05 Å². The molecule has 1 aliphatic rings. The zero-order chi connectivity index (χ0) is 24.7. The second-order valence-electron chi connectivity index (χ2n) is 10.8. The Kier molecular flexibility index (Phi) is 6.75. The van der Waals surface area contributed by atoms with E-state index in [1.165, 1.54) is 39.3 Å². The van der Waals surface area contributed by atoms with E-state index in [-0.39, 0.29) is 0 Å². The molecule has 0 aliphatic carbocycles. The van der Waals surface area contributed by atoms with Crippen molar-refractivity contribution in [1.82, 2.24) is 0 Å². The molecule has 1 aliphatic heterocycles. The van der Waals surface area contributed by atoms with Gasteiger partial charge < -0.3 is 0 Å². The van der Waals surface area contributed by atoms with Crippen LogP contribution in [0.3, 0.4) is 0 Å². The van der Waals surface area contributed by atoms with E-state index in [0.29, 0.717) is 23.7 Å². The number of anilines is 4. The Bertz CT molecular complexity index is 1120. The van der Waals surface area contributed by atoms with Gasteiger partial charge in [0.05, 0.1) is 18.9 Å². The van der Waals surface area contributed by atoms with E-state index in [1.54, 1.807) is 0 Å². The summed E-state index contributed by atoms with van der Waals surface area (Å²) in [4.78, 5) is 4.64. The molecule has 178 valence electrons. The molecular formula is C31H40N3+. The van der Waals surface area contributed by atoms with Crippen LogP contribution in [0.1, 0.15) is 101 Å². The number of fused-ring (bicyclic) bond motifs is 1. The number of hydrogen-bond acceptors (Lipinski definition) is 2. The van der Waals surface area contributed by atoms with Crippen molar-refractivity contribution < 1.29 is 4.57 Å². The first-order chi connectivity index (χ1) is 16.1. The van der Waals surface area contributed by atoms with Gasteiger partial charge in [-0.2, -0.15) is 4.90 Å². The van der Waals surface area contributed by atoms with E-state index in [9.17, 15) is 0 Å². The van der Waals surface area contributed by atoms with E-state index < -0.39 is 0 Å². The monoisotopic (exact) mass is 454 g/mol. The smallest absolute Gasteiger partial charge is 0.280 e. The number of aryl methyl sites for hydroxylation is 1. The molecule has 0 fully saturated rings. The van der Waals surface area contributed by atoms with Crippen LogP contribution >= 0.6 is 0 Å². The lowest BCUT2D eigenvalue weighted by Crippen LogP contribution is -2.34. The van der Waals surface area contributed by atoms with Crippen LogP contribution in [0.4, 0.5) is 22.9 Å². The number of nitrogens with zero attached hydrogens (tertiary/aromatic N) is 3. The molecule has 1 aromatic heterocycles. The fourth-order valence-electron chi connectivity index (χ4n) is 5.10. The number of aromatic nitrogens is 1. The Balaban J connectivity index is 2.00. The van der Waals surface area contributed by atoms with Crippen LogP contribution in [0.15, 0.2) is 54.7 Å². The van der Waals surface area contributed by atoms with Crippen molar-refractivity contribution in [2.45, 2.75) is 79.1 Å². The van der Waals surface area contributed by atoms with Crippen LogP contribution in [0.2, 0.25) is 0 Å². The van der Waals surface area contributed by atoms with Gasteiger partial charge in [-0.05, 0) is 46.9 Å². The maximum absolute atomic E-state index is 3.86. The van der Waals surface area contributed by atoms with Gasteiger partial charge in [0, 0.05) is 11.1 Å². The molecule has 2 heterocycles. The van der Waals surface area contributed by atoms with Crippen LogP contribution in [0.25, 0.3) is 0 Å². The highest BCUT2D eigenvalue weighted by molar-refractivity contribution is 5.89. The van der Waals surface area contributed by atoms with Crippen LogP contribution in [-0.4, -0.2) is 0 Å². The number of para-hydroxylation sites is 2. The predicted octanol–water partition coefficient (Wildman–Crippen LogP) is 8.29. The van der Waals surface area contributed by atoms with Gasteiger partial charge in [-0.1, -0.05) is 91.8 Å². The van der Waals surface area contributed by atoms with Gasteiger partial charge in [-0.15, -0.1) is 0 Å². The molecule has 0 atom stereocenters. The Morgan fingerprint density at radius 1 is 0.588 bits per heavy atom. The highest BCUT2D eigenvalue weighted by Crippen LogP contribution is 2.50. The average Bonchev–Trinajstić information content (AvgIpc) is 3.18. The molecule has 0 saturated heterocycles. The average molecular weight is 455 g/mol. The van der Waals surface area contributed by atoms with Crippen LogP contribution < -0.4 is 14.4 Å². The lowest BCUT2D eigenvalue weighted by Gasteiger charge is -2.26. The zero-order valence-electron chi connectivity index (χ0n) is 22.3. The summed E-state index contributed by atoms with van der Waals surface area (Å²) in [7, 11) is 2.14. The fraction of sp³-hybridized carbons (Fsp3) is 0.419. The van der Waals surface area contributed by atoms with Crippen LogP contribution in [-0.2, 0) is 7.05 Å². The van der Waals surface area contributed by atoms with E-state index in [0.717, 1.165) is 5.82 Å². The van der Waals surface area contributed by atoms with Crippen LogP contribution in [0.5, 0.6) is 0 Å². The molecule has 0 N–H and O–H groups in total. The summed E-state index contributed by atoms with van der Waals surface area (Å²) in [6, 6.07) is 17.9. The predicted molar refractivity (Wildman–Crippen MR) is 144 cm³/mol. The highest BCUT2D eigenvalue weighted by atomic mass is 15.4. The lowest BCUT2D eigenvalue weighted by molar-refractivity contribution is -0.657. The summed E-state index contributed by atoms with van der Waals surface area (Å²) >= 11 is 0. The van der Waals surface area contributed by atoms with Gasteiger partial charge in [-0.25, -0.2) is 4.57 Å². The third-order valence-corrected chi connectivity index (χ3v) is 6.91. The van der Waals surface area contributed by atoms with Crippen LogP contribution in [0, 0.1) is 6.67 Å². The third-order valence-electron chi connectivity index (χ3n) is 6.91. The molecule has 2 radical (unpaired) electrons. The molecule has 34 heavy (non-hydrogen) atoms. The number of pyridine rings is 1. The van der Waals surface area contributed by atoms with Crippen molar-refractivity contribution in [1.29, 1.82) is 0 Å². The quantitative estimate of drug-likeness (QED) is 0.347. The van der Waals surface area contributed by atoms with Crippen molar-refractivity contribution in [3.8, 4) is 0 Å². The number of rotatable bonds is 6. The second kappa shape index (κ2) is 9.44. The zero-order valence-corrected chi connectivity index (χ0v) is 22.3. The molecule has 3 aromatic rings. The van der Waals surface area contributed by atoms with Crippen molar-refractivity contribution >= 4 is 22.9 Å². The van der Waals surface area contributed by atoms with E-state index in [1.807, 2.05) is 0 Å². The molecule has 0 saturated carbocycles. The van der Waals surface area contributed by atoms with Gasteiger partial charge in [0.1, 0.15) is 11.4 Å². The first-order valence-electron chi connectivity index (χ1n) is 12.7. The Labute approximate surface area is 207 Å². The normalized spacial score (nSPS) is 13.7. The third kappa shape index (κ3) is 4.10. The lowest BCUT2D eigenvalue weighted by atomic mass is 9.91. The Morgan fingerprint density at radius 2 is 1.00 bits per heavy atom. The summed E-state index contributed by atoms with van der Waals surface area (Å²) in [6.07, 6.45) is 2.14. The molecule has 0 unspecified atom stereocenters. The van der Waals surface area contributed by atoms with Gasteiger partial charge >= 0.3 is 12.5 Å². The maximum atomic E-state index is 3.86. The minimum atomic E-state index is 0.413. The molecule has 3 heteroatoms. The minimum Gasteiger partial charge on any atom is -0.280 e. The highest BCUT2D eigenvalue weighted by Gasteiger charge is 2.43. The molecule has 0 amide bonds. The molecule has 0 bridgehead atoms. The first-order valence-corrected chi connectivity index (χ1v) is 12.7. The summed E-state index contributed by atoms with van der Waals surface area (Å²) in [6.45, 7) is 22.1. The van der Waals surface area contributed by atoms with Gasteiger partial charge in [0.2, 0.25) is 0 Å². The molecule has 2 aromatic carbocycles. The summed E-state index contributed by atoms with van der Waals surface area (Å²) in [5.74, 6) is 2.82. The fourth-order valence-corrected chi connectivity index (χ4v) is 5.10. The van der Waals surface area contributed by atoms with Gasteiger partial charge in [0.15, 0.2) is 0 Å². The SMILES string of the molecule is CC(C)c1cccc(C(C)C)c1N1[C]N(c2c(C(C)C)cccc2C(C)C)c2c1ccc[n+]2C. The molecule has 4 rings (SSSR count). The minimum absolute atomic E-state index is 0.413. The molecular weight excluding hydrogens is 414 g/mol. The van der Waals surface area contributed by atoms with Crippen molar-refractivity contribution in [3.05, 3.63) is 83.7 Å². The van der Waals surface area contributed by atoms with Gasteiger partial charge in [-0.3, -0.25) is 4.90 Å².